The van der Waals surface area contributed by atoms with Crippen LogP contribution in [-0.2, 0) is 6.54 Å². The number of fused-ring (bicyclic) bond motifs is 1. The van der Waals surface area contributed by atoms with Crippen LogP contribution in [0.25, 0.3) is 5.52 Å². The van der Waals surface area contributed by atoms with Crippen molar-refractivity contribution in [3.63, 3.8) is 0 Å². The van der Waals surface area contributed by atoms with Crippen molar-refractivity contribution in [2.45, 2.75) is 6.54 Å². The zero-order chi connectivity index (χ0) is 15.9. The van der Waals surface area contributed by atoms with Crippen LogP contribution in [0, 0.1) is 0 Å². The molecule has 0 fully saturated rings. The molecule has 0 unspecified atom stereocenters. The fraction of sp³-hybridized carbons (Fsp3) is 0.0667. The van der Waals surface area contributed by atoms with E-state index < -0.39 is 16.7 Å². The Morgan fingerprint density at radius 1 is 1.23 bits per heavy atom. The van der Waals surface area contributed by atoms with Crippen LogP contribution < -0.4 is 16.7 Å². The lowest BCUT2D eigenvalue weighted by Gasteiger charge is -2.10. The minimum atomic E-state index is -0.752. The van der Waals surface area contributed by atoms with E-state index in [1.165, 1.54) is 15.2 Å². The molecule has 22 heavy (non-hydrogen) atoms. The van der Waals surface area contributed by atoms with Crippen molar-refractivity contribution in [2.75, 3.05) is 5.73 Å². The van der Waals surface area contributed by atoms with Gasteiger partial charge in [-0.15, -0.1) is 0 Å². The first-order valence-corrected chi connectivity index (χ1v) is 6.82. The van der Waals surface area contributed by atoms with E-state index in [-0.39, 0.29) is 17.7 Å². The van der Waals surface area contributed by atoms with Gasteiger partial charge in [-0.25, -0.2) is 0 Å². The summed E-state index contributed by atoms with van der Waals surface area (Å²) < 4.78 is 2.72. The Bertz CT molecular complexity index is 991. The summed E-state index contributed by atoms with van der Waals surface area (Å²) in [4.78, 5) is 24.2. The number of rotatable bonds is 2. The molecule has 3 N–H and O–H groups in total. The number of anilines is 1. The highest BCUT2D eigenvalue weighted by Gasteiger charge is 2.13. The standard InChI is InChI=1S/C15H12ClN3O3/c16-10-3-1-2-9(6-10)7-19-5-4-18-8-11(17)13(20)14(21)12(18)15(19)22/h1-6,8,21H,7,17H2. The van der Waals surface area contributed by atoms with Gasteiger partial charge >= 0.3 is 0 Å². The summed E-state index contributed by atoms with van der Waals surface area (Å²) in [6.07, 6.45) is 4.42. The minimum absolute atomic E-state index is 0.108. The zero-order valence-corrected chi connectivity index (χ0v) is 12.1. The predicted octanol–water partition coefficient (Wildman–Crippen LogP) is 1.45. The number of halogens is 1. The Morgan fingerprint density at radius 2 is 2.00 bits per heavy atom. The molecule has 0 aliphatic heterocycles. The summed E-state index contributed by atoms with van der Waals surface area (Å²) in [5, 5.41) is 10.5. The number of nitrogens with zero attached hydrogens (tertiary/aromatic N) is 2. The molecule has 0 saturated heterocycles. The molecule has 0 aliphatic carbocycles. The molecule has 3 rings (SSSR count). The molecule has 0 saturated carbocycles. The number of pyridine rings is 1. The molecule has 2 aromatic heterocycles. The SMILES string of the molecule is Nc1cn2ccn(Cc3cccc(Cl)c3)c(=O)c2c(O)c1=O. The lowest BCUT2D eigenvalue weighted by Crippen LogP contribution is -2.24. The number of nitrogens with two attached hydrogens (primary N) is 1. The Morgan fingerprint density at radius 3 is 2.73 bits per heavy atom. The molecule has 112 valence electrons. The van der Waals surface area contributed by atoms with E-state index in [1.54, 1.807) is 30.6 Å². The molecule has 3 aromatic rings. The smallest absolute Gasteiger partial charge is 0.279 e. The Hall–Kier alpha value is -2.73. The van der Waals surface area contributed by atoms with E-state index in [0.717, 1.165) is 5.56 Å². The van der Waals surface area contributed by atoms with Crippen LogP contribution in [0.4, 0.5) is 5.69 Å². The van der Waals surface area contributed by atoms with Crippen LogP contribution in [0.2, 0.25) is 5.02 Å². The second-order valence-electron chi connectivity index (χ2n) is 4.88. The maximum Gasteiger partial charge on any atom is 0.279 e. The third-order valence-corrected chi connectivity index (χ3v) is 3.59. The van der Waals surface area contributed by atoms with Gasteiger partial charge in [0.25, 0.3) is 5.56 Å². The van der Waals surface area contributed by atoms with E-state index in [0.29, 0.717) is 5.02 Å². The van der Waals surface area contributed by atoms with E-state index in [9.17, 15) is 14.7 Å². The van der Waals surface area contributed by atoms with Gasteiger partial charge in [0.15, 0.2) is 11.3 Å². The van der Waals surface area contributed by atoms with Crippen LogP contribution in [-0.4, -0.2) is 14.1 Å². The molecule has 1 aromatic carbocycles. The third kappa shape index (κ3) is 2.33. The van der Waals surface area contributed by atoms with Crippen LogP contribution in [0.1, 0.15) is 5.56 Å². The molecule has 0 radical (unpaired) electrons. The largest absolute Gasteiger partial charge is 0.502 e. The first-order chi connectivity index (χ1) is 10.5. The molecule has 0 spiro atoms. The fourth-order valence-corrected chi connectivity index (χ4v) is 2.49. The average molecular weight is 318 g/mol. The maximum absolute atomic E-state index is 12.5. The number of hydrogen-bond acceptors (Lipinski definition) is 4. The van der Waals surface area contributed by atoms with Crippen molar-refractivity contribution in [1.82, 2.24) is 8.97 Å². The monoisotopic (exact) mass is 317 g/mol. The van der Waals surface area contributed by atoms with E-state index in [2.05, 4.69) is 0 Å². The van der Waals surface area contributed by atoms with Crippen molar-refractivity contribution in [3.05, 3.63) is 74.0 Å². The van der Waals surface area contributed by atoms with Crippen LogP contribution in [0.3, 0.4) is 0 Å². The number of aromatic nitrogens is 2. The van der Waals surface area contributed by atoms with Crippen LogP contribution >= 0.6 is 11.6 Å². The van der Waals surface area contributed by atoms with Gasteiger partial charge in [-0.05, 0) is 17.7 Å². The highest BCUT2D eigenvalue weighted by molar-refractivity contribution is 6.30. The lowest BCUT2D eigenvalue weighted by molar-refractivity contribution is 0.472. The lowest BCUT2D eigenvalue weighted by atomic mass is 10.2. The highest BCUT2D eigenvalue weighted by Crippen LogP contribution is 2.14. The third-order valence-electron chi connectivity index (χ3n) is 3.35. The predicted molar refractivity (Wildman–Crippen MR) is 84.6 cm³/mol. The number of benzene rings is 1. The van der Waals surface area contributed by atoms with Crippen molar-refractivity contribution in [3.8, 4) is 5.75 Å². The number of nitrogen functional groups attached to an aromatic ring is 1. The molecule has 7 heteroatoms. The zero-order valence-electron chi connectivity index (χ0n) is 11.4. The van der Waals surface area contributed by atoms with E-state index >= 15 is 0 Å². The van der Waals surface area contributed by atoms with Crippen molar-refractivity contribution < 1.29 is 5.11 Å². The Kier molecular flexibility index (Phi) is 3.38. The van der Waals surface area contributed by atoms with Gasteiger partial charge in [-0.2, -0.15) is 0 Å². The second-order valence-corrected chi connectivity index (χ2v) is 5.32. The van der Waals surface area contributed by atoms with Crippen LogP contribution in [0.15, 0.2) is 52.4 Å². The molecule has 0 aliphatic rings. The fourth-order valence-electron chi connectivity index (χ4n) is 2.28. The average Bonchev–Trinajstić information content (AvgIpc) is 2.48. The summed E-state index contributed by atoms with van der Waals surface area (Å²) in [5.41, 5.74) is 4.86. The quantitative estimate of drug-likeness (QED) is 0.748. The minimum Gasteiger partial charge on any atom is -0.502 e. The van der Waals surface area contributed by atoms with Crippen molar-refractivity contribution in [1.29, 1.82) is 0 Å². The molecular formula is C15H12ClN3O3. The summed E-state index contributed by atoms with van der Waals surface area (Å²) in [7, 11) is 0. The topological polar surface area (TPSA) is 89.7 Å². The van der Waals surface area contributed by atoms with E-state index in [4.69, 9.17) is 17.3 Å². The van der Waals surface area contributed by atoms with Gasteiger partial charge in [-0.3, -0.25) is 9.59 Å². The summed E-state index contributed by atoms with van der Waals surface area (Å²) >= 11 is 5.92. The molecule has 0 amide bonds. The second kappa shape index (κ2) is 5.23. The normalized spacial score (nSPS) is 11.0. The maximum atomic E-state index is 12.5. The van der Waals surface area contributed by atoms with Crippen molar-refractivity contribution >= 4 is 22.8 Å². The molecule has 2 heterocycles. The first kappa shape index (κ1) is 14.2. The summed E-state index contributed by atoms with van der Waals surface area (Å²) in [5.74, 6) is -0.648. The van der Waals surface area contributed by atoms with Gasteiger partial charge in [0, 0.05) is 23.6 Å². The van der Waals surface area contributed by atoms with Gasteiger partial charge in [0.05, 0.1) is 6.54 Å². The van der Waals surface area contributed by atoms with Gasteiger partial charge in [0.2, 0.25) is 5.43 Å². The van der Waals surface area contributed by atoms with Crippen molar-refractivity contribution in [2.24, 2.45) is 0 Å². The number of hydrogen-bond donors (Lipinski definition) is 2. The summed E-state index contributed by atoms with van der Waals surface area (Å²) in [6, 6.07) is 7.10. The molecular weight excluding hydrogens is 306 g/mol. The number of aromatic hydroxyl groups is 1. The first-order valence-electron chi connectivity index (χ1n) is 6.44. The Balaban J connectivity index is 2.19. The van der Waals surface area contributed by atoms with Gasteiger partial charge < -0.3 is 19.8 Å². The molecule has 6 nitrogen and oxygen atoms in total. The molecule has 0 atom stereocenters. The Labute approximate surface area is 129 Å². The summed E-state index contributed by atoms with van der Waals surface area (Å²) in [6.45, 7) is 0.272. The van der Waals surface area contributed by atoms with Crippen LogP contribution in [0.5, 0.6) is 5.75 Å². The van der Waals surface area contributed by atoms with E-state index in [1.807, 2.05) is 6.07 Å². The van der Waals surface area contributed by atoms with Gasteiger partial charge in [0.1, 0.15) is 5.69 Å². The molecule has 0 bridgehead atoms. The van der Waals surface area contributed by atoms with Gasteiger partial charge in [-0.1, -0.05) is 23.7 Å². The highest BCUT2D eigenvalue weighted by atomic mass is 35.5.